The van der Waals surface area contributed by atoms with Crippen LogP contribution in [0.5, 0.6) is 0 Å². The molecule has 34 heavy (non-hydrogen) atoms. The van der Waals surface area contributed by atoms with Crippen LogP contribution in [0.25, 0.3) is 11.3 Å². The lowest BCUT2D eigenvalue weighted by Crippen LogP contribution is -2.37. The molecule has 2 fully saturated rings. The Kier molecular flexibility index (Phi) is 4.81. The quantitative estimate of drug-likeness (QED) is 0.369. The molecule has 0 spiro atoms. The van der Waals surface area contributed by atoms with Crippen molar-refractivity contribution in [3.05, 3.63) is 52.7 Å². The van der Waals surface area contributed by atoms with Crippen LogP contribution in [0, 0.1) is 0 Å². The van der Waals surface area contributed by atoms with Crippen molar-refractivity contribution in [3.63, 3.8) is 0 Å². The van der Waals surface area contributed by atoms with Crippen molar-refractivity contribution in [1.29, 1.82) is 0 Å². The van der Waals surface area contributed by atoms with Crippen molar-refractivity contribution in [3.8, 4) is 0 Å². The molecule has 6 rings (SSSR count). The van der Waals surface area contributed by atoms with Crippen molar-refractivity contribution in [1.82, 2.24) is 29.2 Å². The smallest absolute Gasteiger partial charge is 0.416 e. The SMILES string of the molecule is CC(C)(C)OC(=O)N(Cc1cn2nc(C3CC3)ccc2n1)c1cc(Cl)nc2c(C3CC3)cnn12. The van der Waals surface area contributed by atoms with Gasteiger partial charge in [-0.05, 0) is 64.5 Å². The lowest BCUT2D eigenvalue weighted by Gasteiger charge is -2.27. The lowest BCUT2D eigenvalue weighted by molar-refractivity contribution is 0.0575. The number of carbonyl (C=O) groups is 1. The monoisotopic (exact) mass is 479 g/mol. The maximum absolute atomic E-state index is 13.4. The van der Waals surface area contributed by atoms with E-state index in [0.29, 0.717) is 34.1 Å². The number of rotatable bonds is 5. The first-order chi connectivity index (χ1) is 16.2. The minimum absolute atomic E-state index is 0.172. The Balaban J connectivity index is 1.41. The molecule has 4 aromatic heterocycles. The Morgan fingerprint density at radius 2 is 1.94 bits per heavy atom. The second kappa shape index (κ2) is 7.66. The zero-order chi connectivity index (χ0) is 23.6. The number of halogens is 1. The largest absolute Gasteiger partial charge is 0.443 e. The van der Waals surface area contributed by atoms with E-state index >= 15 is 0 Å². The van der Waals surface area contributed by atoms with Gasteiger partial charge in [0.2, 0.25) is 0 Å². The standard InChI is InChI=1S/C24H26ClN7O2/c1-24(2,3)34-23(33)30(12-16-13-31-20(27-16)9-8-18(29-31)15-6-7-15)21-10-19(25)28-22-17(14-4-5-14)11-26-32(21)22/h8-11,13-15H,4-7,12H2,1-3H3. The van der Waals surface area contributed by atoms with E-state index in [1.807, 2.05) is 45.3 Å². The van der Waals surface area contributed by atoms with Gasteiger partial charge in [0.05, 0.1) is 30.3 Å². The van der Waals surface area contributed by atoms with Gasteiger partial charge in [-0.25, -0.2) is 19.3 Å². The van der Waals surface area contributed by atoms with E-state index in [0.717, 1.165) is 29.7 Å². The molecule has 4 heterocycles. The molecule has 0 aromatic carbocycles. The van der Waals surface area contributed by atoms with E-state index < -0.39 is 11.7 Å². The Morgan fingerprint density at radius 3 is 2.65 bits per heavy atom. The third-order valence-electron chi connectivity index (χ3n) is 6.06. The Morgan fingerprint density at radius 1 is 1.18 bits per heavy atom. The Bertz CT molecular complexity index is 1410. The van der Waals surface area contributed by atoms with Gasteiger partial charge in [0.1, 0.15) is 16.6 Å². The van der Waals surface area contributed by atoms with Crippen LogP contribution in [0.3, 0.4) is 0 Å². The van der Waals surface area contributed by atoms with E-state index in [-0.39, 0.29) is 6.54 Å². The number of nitrogens with zero attached hydrogens (tertiary/aromatic N) is 7. The predicted octanol–water partition coefficient (Wildman–Crippen LogP) is 5.12. The molecule has 4 aromatic rings. The first-order valence-electron chi connectivity index (χ1n) is 11.6. The molecular formula is C24H26ClN7O2. The lowest BCUT2D eigenvalue weighted by atomic mass is 10.2. The summed E-state index contributed by atoms with van der Waals surface area (Å²) in [6.45, 7) is 5.69. The summed E-state index contributed by atoms with van der Waals surface area (Å²) in [5.74, 6) is 1.47. The molecule has 2 saturated carbocycles. The highest BCUT2D eigenvalue weighted by Crippen LogP contribution is 2.42. The van der Waals surface area contributed by atoms with Gasteiger partial charge in [0.25, 0.3) is 0 Å². The van der Waals surface area contributed by atoms with Crippen LogP contribution in [0.1, 0.15) is 75.2 Å². The van der Waals surface area contributed by atoms with E-state index in [1.54, 1.807) is 15.1 Å². The van der Waals surface area contributed by atoms with Gasteiger partial charge >= 0.3 is 6.09 Å². The van der Waals surface area contributed by atoms with Crippen molar-refractivity contribution in [2.45, 2.75) is 70.4 Å². The summed E-state index contributed by atoms with van der Waals surface area (Å²) in [6.07, 6.45) is 7.74. The number of ether oxygens (including phenoxy) is 1. The molecule has 0 radical (unpaired) electrons. The Labute approximate surface area is 201 Å². The molecule has 1 amide bonds. The number of hydrogen-bond donors (Lipinski definition) is 0. The summed E-state index contributed by atoms with van der Waals surface area (Å²) in [4.78, 5) is 24.1. The van der Waals surface area contributed by atoms with Crippen LogP contribution in [0.4, 0.5) is 10.6 Å². The maximum atomic E-state index is 13.4. The minimum Gasteiger partial charge on any atom is -0.443 e. The zero-order valence-electron chi connectivity index (χ0n) is 19.4. The fourth-order valence-corrected chi connectivity index (χ4v) is 4.32. The molecule has 10 heteroatoms. The fraction of sp³-hybridized carbons (Fsp3) is 0.458. The van der Waals surface area contributed by atoms with Crippen LogP contribution < -0.4 is 4.90 Å². The van der Waals surface area contributed by atoms with Crippen LogP contribution in [0.15, 0.2) is 30.6 Å². The Hall–Kier alpha value is -3.20. The molecular weight excluding hydrogens is 454 g/mol. The average molecular weight is 480 g/mol. The summed E-state index contributed by atoms with van der Waals surface area (Å²) < 4.78 is 9.20. The average Bonchev–Trinajstić information content (AvgIpc) is 3.69. The van der Waals surface area contributed by atoms with E-state index in [9.17, 15) is 4.79 Å². The van der Waals surface area contributed by atoms with E-state index in [2.05, 4.69) is 10.1 Å². The highest BCUT2D eigenvalue weighted by Gasteiger charge is 2.31. The molecule has 176 valence electrons. The number of amides is 1. The highest BCUT2D eigenvalue weighted by molar-refractivity contribution is 6.29. The second-order valence-electron chi connectivity index (χ2n) is 10.2. The van der Waals surface area contributed by atoms with Crippen LogP contribution in [-0.2, 0) is 11.3 Å². The van der Waals surface area contributed by atoms with Crippen molar-refractivity contribution >= 4 is 34.8 Å². The normalized spacial score (nSPS) is 16.4. The molecule has 0 unspecified atom stereocenters. The summed E-state index contributed by atoms with van der Waals surface area (Å²) in [5.41, 5.74) is 3.54. The predicted molar refractivity (Wildman–Crippen MR) is 127 cm³/mol. The fourth-order valence-electron chi connectivity index (χ4n) is 4.15. The summed E-state index contributed by atoms with van der Waals surface area (Å²) in [5, 5.41) is 9.55. The minimum atomic E-state index is -0.672. The van der Waals surface area contributed by atoms with Gasteiger partial charge in [0.15, 0.2) is 11.3 Å². The molecule has 0 aliphatic heterocycles. The molecule has 0 bridgehead atoms. The topological polar surface area (TPSA) is 89.9 Å². The molecule has 2 aliphatic carbocycles. The molecule has 9 nitrogen and oxygen atoms in total. The van der Waals surface area contributed by atoms with Crippen molar-refractivity contribution in [2.24, 2.45) is 0 Å². The van der Waals surface area contributed by atoms with Crippen LogP contribution in [-0.4, -0.2) is 40.9 Å². The van der Waals surface area contributed by atoms with Gasteiger partial charge < -0.3 is 4.74 Å². The number of anilines is 1. The second-order valence-corrected chi connectivity index (χ2v) is 10.6. The first kappa shape index (κ1) is 21.3. The van der Waals surface area contributed by atoms with Crippen molar-refractivity contribution < 1.29 is 9.53 Å². The molecule has 2 aliphatic rings. The van der Waals surface area contributed by atoms with Gasteiger partial charge in [-0.3, -0.25) is 4.90 Å². The maximum Gasteiger partial charge on any atom is 0.416 e. The van der Waals surface area contributed by atoms with Gasteiger partial charge in [-0.15, -0.1) is 0 Å². The third-order valence-corrected chi connectivity index (χ3v) is 6.26. The number of hydrogen-bond acceptors (Lipinski definition) is 6. The molecule has 0 atom stereocenters. The van der Waals surface area contributed by atoms with E-state index in [4.69, 9.17) is 26.4 Å². The van der Waals surface area contributed by atoms with Gasteiger partial charge in [0, 0.05) is 17.5 Å². The van der Waals surface area contributed by atoms with Gasteiger partial charge in [-0.1, -0.05) is 11.6 Å². The van der Waals surface area contributed by atoms with E-state index in [1.165, 1.54) is 17.7 Å². The molecule has 0 N–H and O–H groups in total. The number of carbonyl (C=O) groups excluding carboxylic acids is 1. The highest BCUT2D eigenvalue weighted by atomic mass is 35.5. The van der Waals surface area contributed by atoms with Crippen LogP contribution >= 0.6 is 11.6 Å². The van der Waals surface area contributed by atoms with Crippen molar-refractivity contribution in [2.75, 3.05) is 4.90 Å². The number of fused-ring (bicyclic) bond motifs is 2. The summed E-state index contributed by atoms with van der Waals surface area (Å²) >= 11 is 6.42. The third kappa shape index (κ3) is 4.09. The summed E-state index contributed by atoms with van der Waals surface area (Å²) in [6, 6.07) is 5.64. The number of imidazole rings is 1. The summed E-state index contributed by atoms with van der Waals surface area (Å²) in [7, 11) is 0. The van der Waals surface area contributed by atoms with Gasteiger partial charge in [-0.2, -0.15) is 14.7 Å². The number of aromatic nitrogens is 6. The first-order valence-corrected chi connectivity index (χ1v) is 12.0. The molecule has 0 saturated heterocycles. The zero-order valence-corrected chi connectivity index (χ0v) is 20.2. The van der Waals surface area contributed by atoms with Crippen LogP contribution in [0.2, 0.25) is 5.15 Å².